The summed E-state index contributed by atoms with van der Waals surface area (Å²) >= 11 is 0. The van der Waals surface area contributed by atoms with Crippen LogP contribution in [-0.4, -0.2) is 70.7 Å². The van der Waals surface area contributed by atoms with Gasteiger partial charge in [0.1, 0.15) is 12.1 Å². The third-order valence-electron chi connectivity index (χ3n) is 5.98. The van der Waals surface area contributed by atoms with E-state index in [-0.39, 0.29) is 31.9 Å². The first-order chi connectivity index (χ1) is 18.5. The van der Waals surface area contributed by atoms with Crippen molar-refractivity contribution in [3.8, 4) is 0 Å². The molecule has 1 aliphatic rings. The number of carbonyl (C=O) groups excluding carboxylic acids is 6. The van der Waals surface area contributed by atoms with Crippen LogP contribution in [0.15, 0.2) is 36.4 Å². The number of urea groups is 1. The standard InChI is InChI=1S/C26H36N6O7/c1-16(2)23(31-20(34)12-14-32-21(35)10-11-22(32)36)25(38)30-19(5-3-4-13-28-26(27)39)24(37)29-18-8-6-17(15-33)7-9-18/h6-11,16,19,23,33H,3-5,12-15H2,1-2H3,(H,29,37)(H,30,38)(H,31,34)(H3,27,28,39)/t19-,23-/m0/s1. The number of rotatable bonds is 15. The number of hydrogen-bond acceptors (Lipinski definition) is 7. The predicted octanol–water partition coefficient (Wildman–Crippen LogP) is -0.103. The number of benzene rings is 1. The smallest absolute Gasteiger partial charge is 0.312 e. The lowest BCUT2D eigenvalue weighted by Gasteiger charge is -2.25. The van der Waals surface area contributed by atoms with Gasteiger partial charge in [-0.2, -0.15) is 0 Å². The number of anilines is 1. The Bertz CT molecular complexity index is 1070. The molecular formula is C26H36N6O7. The highest BCUT2D eigenvalue weighted by molar-refractivity contribution is 6.13. The molecule has 1 aromatic carbocycles. The fourth-order valence-corrected chi connectivity index (χ4v) is 3.78. The number of nitrogens with zero attached hydrogens (tertiary/aromatic N) is 1. The van der Waals surface area contributed by atoms with E-state index in [1.54, 1.807) is 38.1 Å². The van der Waals surface area contributed by atoms with Gasteiger partial charge in [-0.05, 0) is 42.9 Å². The van der Waals surface area contributed by atoms with Gasteiger partial charge in [0.05, 0.1) is 6.61 Å². The zero-order valence-electron chi connectivity index (χ0n) is 22.1. The minimum absolute atomic E-state index is 0.123. The van der Waals surface area contributed by atoms with Crippen LogP contribution in [0.4, 0.5) is 10.5 Å². The molecule has 0 unspecified atom stereocenters. The number of carbonyl (C=O) groups is 6. The van der Waals surface area contributed by atoms with Gasteiger partial charge in [-0.15, -0.1) is 0 Å². The molecule has 0 saturated heterocycles. The van der Waals surface area contributed by atoms with Crippen LogP contribution >= 0.6 is 0 Å². The molecule has 13 nitrogen and oxygen atoms in total. The second kappa shape index (κ2) is 15.2. The summed E-state index contributed by atoms with van der Waals surface area (Å²) in [5.74, 6) is -2.91. The minimum atomic E-state index is -0.976. The molecule has 39 heavy (non-hydrogen) atoms. The van der Waals surface area contributed by atoms with Crippen LogP contribution in [-0.2, 0) is 30.6 Å². The molecule has 212 valence electrons. The van der Waals surface area contributed by atoms with Gasteiger partial charge in [-0.1, -0.05) is 26.0 Å². The van der Waals surface area contributed by atoms with E-state index in [9.17, 15) is 33.9 Å². The molecule has 2 rings (SSSR count). The number of primary amides is 1. The molecule has 0 saturated carbocycles. The Morgan fingerprint density at radius 2 is 1.59 bits per heavy atom. The van der Waals surface area contributed by atoms with E-state index in [0.717, 1.165) is 17.1 Å². The summed E-state index contributed by atoms with van der Waals surface area (Å²) < 4.78 is 0. The van der Waals surface area contributed by atoms with E-state index in [2.05, 4.69) is 21.3 Å². The fourth-order valence-electron chi connectivity index (χ4n) is 3.78. The van der Waals surface area contributed by atoms with Crippen LogP contribution in [0.5, 0.6) is 0 Å². The lowest BCUT2D eigenvalue weighted by atomic mass is 10.0. The van der Waals surface area contributed by atoms with Crippen LogP contribution in [0.1, 0.15) is 45.1 Å². The van der Waals surface area contributed by atoms with Crippen LogP contribution < -0.4 is 27.0 Å². The summed E-state index contributed by atoms with van der Waals surface area (Å²) in [4.78, 5) is 74.0. The number of nitrogens with one attached hydrogen (secondary N) is 4. The maximum atomic E-state index is 13.2. The van der Waals surface area contributed by atoms with E-state index >= 15 is 0 Å². The molecule has 0 fully saturated rings. The maximum absolute atomic E-state index is 13.2. The summed E-state index contributed by atoms with van der Waals surface area (Å²) in [7, 11) is 0. The van der Waals surface area contributed by atoms with Crippen molar-refractivity contribution in [3.05, 3.63) is 42.0 Å². The number of amides is 7. The van der Waals surface area contributed by atoms with Crippen LogP contribution in [0.2, 0.25) is 0 Å². The quantitative estimate of drug-likeness (QED) is 0.131. The topological polar surface area (TPSA) is 200 Å². The zero-order valence-corrected chi connectivity index (χ0v) is 22.1. The van der Waals surface area contributed by atoms with E-state index in [0.29, 0.717) is 30.6 Å². The van der Waals surface area contributed by atoms with Crippen LogP contribution in [0.3, 0.4) is 0 Å². The number of hydrogen-bond donors (Lipinski definition) is 6. The van der Waals surface area contributed by atoms with Crippen molar-refractivity contribution >= 4 is 41.3 Å². The van der Waals surface area contributed by atoms with Gasteiger partial charge in [-0.25, -0.2) is 4.79 Å². The summed E-state index contributed by atoms with van der Waals surface area (Å²) in [5.41, 5.74) is 6.21. The van der Waals surface area contributed by atoms with Crippen molar-refractivity contribution in [1.29, 1.82) is 0 Å². The Hall–Kier alpha value is -4.26. The molecule has 1 heterocycles. The minimum Gasteiger partial charge on any atom is -0.392 e. The van der Waals surface area contributed by atoms with E-state index in [4.69, 9.17) is 5.73 Å². The largest absolute Gasteiger partial charge is 0.392 e. The number of aliphatic hydroxyl groups is 1. The maximum Gasteiger partial charge on any atom is 0.312 e. The molecule has 13 heteroatoms. The average Bonchev–Trinajstić information content (AvgIpc) is 3.21. The molecule has 0 aromatic heterocycles. The molecule has 0 spiro atoms. The number of nitrogens with two attached hydrogens (primary N) is 1. The second-order valence-electron chi connectivity index (χ2n) is 9.39. The first-order valence-electron chi connectivity index (χ1n) is 12.7. The van der Waals surface area contributed by atoms with Gasteiger partial charge in [0.25, 0.3) is 11.8 Å². The van der Waals surface area contributed by atoms with Gasteiger partial charge < -0.3 is 32.1 Å². The van der Waals surface area contributed by atoms with E-state index in [1.807, 2.05) is 0 Å². The van der Waals surface area contributed by atoms with Crippen molar-refractivity contribution < 1.29 is 33.9 Å². The average molecular weight is 545 g/mol. The highest BCUT2D eigenvalue weighted by Gasteiger charge is 2.30. The molecule has 1 aliphatic heterocycles. The van der Waals surface area contributed by atoms with Gasteiger partial charge in [0, 0.05) is 37.3 Å². The highest BCUT2D eigenvalue weighted by Crippen LogP contribution is 2.13. The van der Waals surface area contributed by atoms with Gasteiger partial charge >= 0.3 is 6.03 Å². The molecule has 7 N–H and O–H groups in total. The van der Waals surface area contributed by atoms with Gasteiger partial charge in [0.2, 0.25) is 17.7 Å². The molecule has 0 bridgehead atoms. The molecule has 1 aromatic rings. The van der Waals surface area contributed by atoms with E-state index in [1.165, 1.54) is 0 Å². The monoisotopic (exact) mass is 544 g/mol. The Balaban J connectivity index is 2.03. The first-order valence-corrected chi connectivity index (χ1v) is 12.7. The zero-order chi connectivity index (χ0) is 28.9. The third-order valence-corrected chi connectivity index (χ3v) is 5.98. The SMILES string of the molecule is CC(C)[C@H](NC(=O)CCN1C(=O)C=CC1=O)C(=O)N[C@@H](CCCCNC(N)=O)C(=O)Nc1ccc(CO)cc1. The molecule has 2 atom stereocenters. The summed E-state index contributed by atoms with van der Waals surface area (Å²) in [5, 5.41) is 19.8. The first kappa shape index (κ1) is 31.0. The Kier molecular flexibility index (Phi) is 12.1. The molecule has 0 radical (unpaired) electrons. The van der Waals surface area contributed by atoms with Crippen molar-refractivity contribution in [2.75, 3.05) is 18.4 Å². The summed E-state index contributed by atoms with van der Waals surface area (Å²) in [6.07, 6.45) is 3.31. The second-order valence-corrected chi connectivity index (χ2v) is 9.39. The lowest BCUT2D eigenvalue weighted by molar-refractivity contribution is -0.137. The summed E-state index contributed by atoms with van der Waals surface area (Å²) in [6.45, 7) is 3.51. The summed E-state index contributed by atoms with van der Waals surface area (Å²) in [6, 6.07) is 3.98. The highest BCUT2D eigenvalue weighted by atomic mass is 16.3. The van der Waals surface area contributed by atoms with Gasteiger partial charge in [0.15, 0.2) is 0 Å². The van der Waals surface area contributed by atoms with Crippen molar-refractivity contribution in [1.82, 2.24) is 20.9 Å². The Morgan fingerprint density at radius 1 is 0.949 bits per heavy atom. The number of unbranched alkanes of at least 4 members (excludes halogenated alkanes) is 1. The van der Waals surface area contributed by atoms with E-state index < -0.39 is 47.7 Å². The van der Waals surface area contributed by atoms with Crippen LogP contribution in [0, 0.1) is 5.92 Å². The Morgan fingerprint density at radius 3 is 2.15 bits per heavy atom. The third kappa shape index (κ3) is 10.2. The lowest BCUT2D eigenvalue weighted by Crippen LogP contribution is -2.54. The molecular weight excluding hydrogens is 508 g/mol. The van der Waals surface area contributed by atoms with Crippen molar-refractivity contribution in [2.45, 2.75) is 58.2 Å². The predicted molar refractivity (Wildman–Crippen MR) is 142 cm³/mol. The molecule has 0 aliphatic carbocycles. The normalized spacial score (nSPS) is 14.2. The van der Waals surface area contributed by atoms with Crippen molar-refractivity contribution in [3.63, 3.8) is 0 Å². The fraction of sp³-hybridized carbons (Fsp3) is 0.462. The molecule has 7 amide bonds. The van der Waals surface area contributed by atoms with Gasteiger partial charge in [-0.3, -0.25) is 28.9 Å². The van der Waals surface area contributed by atoms with Crippen LogP contribution in [0.25, 0.3) is 0 Å². The number of aliphatic hydroxyl groups excluding tert-OH is 1. The Labute approximate surface area is 226 Å². The number of imide groups is 1. The van der Waals surface area contributed by atoms with Crippen molar-refractivity contribution in [2.24, 2.45) is 11.7 Å².